The van der Waals surface area contributed by atoms with Crippen molar-refractivity contribution < 1.29 is 19.5 Å². The Morgan fingerprint density at radius 3 is 2.70 bits per heavy atom. The predicted molar refractivity (Wildman–Crippen MR) is 27.2 cm³/mol. The number of aromatic nitrogens is 2. The van der Waals surface area contributed by atoms with Gasteiger partial charge in [-0.1, -0.05) is 0 Å². The fraction of sp³-hybridized carbons (Fsp3) is 0.250. The molecule has 0 unspecified atom stereocenters. The predicted octanol–water partition coefficient (Wildman–Crippen LogP) is -0.740. The van der Waals surface area contributed by atoms with Gasteiger partial charge in [0.1, 0.15) is 6.61 Å². The molecule has 0 aliphatic carbocycles. The molecule has 0 spiro atoms. The van der Waals surface area contributed by atoms with Crippen molar-refractivity contribution in [2.24, 2.45) is 0 Å². The first kappa shape index (κ1) is 6.69. The van der Waals surface area contributed by atoms with Crippen molar-refractivity contribution in [2.75, 3.05) is 0 Å². The highest BCUT2D eigenvalue weighted by Crippen LogP contribution is 1.95. The van der Waals surface area contributed by atoms with Gasteiger partial charge in [-0.3, -0.25) is 0 Å². The monoisotopic (exact) mass is 144 g/mol. The lowest BCUT2D eigenvalue weighted by Crippen LogP contribution is -1.98. The molecule has 0 atom stereocenters. The molecular formula is C4H4N2O4. The van der Waals surface area contributed by atoms with Gasteiger partial charge in [-0.2, -0.15) is 4.98 Å². The van der Waals surface area contributed by atoms with E-state index in [1.165, 1.54) is 0 Å². The second-order valence-corrected chi connectivity index (χ2v) is 1.47. The van der Waals surface area contributed by atoms with Gasteiger partial charge in [0.05, 0.1) is 0 Å². The lowest BCUT2D eigenvalue weighted by atomic mass is 10.6. The molecule has 0 bridgehead atoms. The third-order valence-electron chi connectivity index (χ3n) is 0.795. The fourth-order valence-corrected chi connectivity index (χ4v) is 0.406. The summed E-state index contributed by atoms with van der Waals surface area (Å²) in [6.07, 6.45) is 0. The van der Waals surface area contributed by atoms with Crippen LogP contribution in [0.3, 0.4) is 0 Å². The lowest BCUT2D eigenvalue weighted by Gasteiger charge is -1.77. The zero-order valence-electron chi connectivity index (χ0n) is 4.81. The molecule has 0 aromatic carbocycles. The Kier molecular flexibility index (Phi) is 1.63. The number of aromatic carboxylic acids is 1. The molecule has 0 saturated carbocycles. The van der Waals surface area contributed by atoms with Gasteiger partial charge in [0.15, 0.2) is 0 Å². The van der Waals surface area contributed by atoms with Crippen molar-refractivity contribution in [2.45, 2.75) is 6.61 Å². The molecule has 0 aliphatic rings. The lowest BCUT2D eigenvalue weighted by molar-refractivity contribution is 0.0680. The number of carbonyl (C=O) groups is 1. The Hall–Kier alpha value is -1.43. The molecule has 54 valence electrons. The minimum atomic E-state index is -1.27. The van der Waals surface area contributed by atoms with Crippen LogP contribution in [0.4, 0.5) is 0 Å². The summed E-state index contributed by atoms with van der Waals surface area (Å²) in [5.41, 5.74) is 0. The number of nitrogens with zero attached hydrogens (tertiary/aromatic N) is 2. The van der Waals surface area contributed by atoms with E-state index < -0.39 is 18.4 Å². The summed E-state index contributed by atoms with van der Waals surface area (Å²) in [6.45, 7) is -0.444. The number of hydrogen-bond acceptors (Lipinski definition) is 5. The largest absolute Gasteiger partial charge is 0.475 e. The Labute approximate surface area is 55.1 Å². The summed E-state index contributed by atoms with van der Waals surface area (Å²) < 4.78 is 4.28. The first-order valence-electron chi connectivity index (χ1n) is 2.41. The summed E-state index contributed by atoms with van der Waals surface area (Å²) >= 11 is 0. The van der Waals surface area contributed by atoms with E-state index in [1.54, 1.807) is 0 Å². The molecule has 6 heteroatoms. The molecule has 2 N–H and O–H groups in total. The highest BCUT2D eigenvalue weighted by atomic mass is 16.5. The quantitative estimate of drug-likeness (QED) is 0.567. The summed E-state index contributed by atoms with van der Waals surface area (Å²) in [5, 5.41) is 19.6. The van der Waals surface area contributed by atoms with Crippen molar-refractivity contribution in [3.8, 4) is 0 Å². The molecule has 0 saturated heterocycles. The number of carboxylic acids is 1. The van der Waals surface area contributed by atoms with E-state index in [1.807, 2.05) is 0 Å². The second-order valence-electron chi connectivity index (χ2n) is 1.47. The third kappa shape index (κ3) is 1.11. The zero-order valence-corrected chi connectivity index (χ0v) is 4.81. The number of rotatable bonds is 2. The van der Waals surface area contributed by atoms with Gasteiger partial charge in [0.25, 0.3) is 11.7 Å². The van der Waals surface area contributed by atoms with Gasteiger partial charge in [-0.25, -0.2) is 4.79 Å². The maximum atomic E-state index is 10.1. The fourth-order valence-electron chi connectivity index (χ4n) is 0.406. The van der Waals surface area contributed by atoms with E-state index in [2.05, 4.69) is 14.7 Å². The minimum absolute atomic E-state index is 0.0996. The number of aliphatic hydroxyl groups excluding tert-OH is 1. The Morgan fingerprint density at radius 1 is 1.70 bits per heavy atom. The van der Waals surface area contributed by atoms with E-state index in [-0.39, 0.29) is 5.89 Å². The van der Waals surface area contributed by atoms with Gasteiger partial charge >= 0.3 is 5.97 Å². The number of hydrogen-bond donors (Lipinski definition) is 2. The maximum absolute atomic E-state index is 10.1. The van der Waals surface area contributed by atoms with Crippen LogP contribution in [-0.4, -0.2) is 26.3 Å². The van der Waals surface area contributed by atoms with Crippen molar-refractivity contribution >= 4 is 5.97 Å². The van der Waals surface area contributed by atoms with Gasteiger partial charge < -0.3 is 14.7 Å². The molecule has 10 heavy (non-hydrogen) atoms. The topological polar surface area (TPSA) is 96.5 Å². The van der Waals surface area contributed by atoms with Crippen LogP contribution in [0.5, 0.6) is 0 Å². The maximum Gasteiger partial charge on any atom is 0.377 e. The zero-order chi connectivity index (χ0) is 7.56. The van der Waals surface area contributed by atoms with Crippen molar-refractivity contribution in [1.29, 1.82) is 0 Å². The molecule has 0 amide bonds. The van der Waals surface area contributed by atoms with Crippen LogP contribution < -0.4 is 0 Å². The van der Waals surface area contributed by atoms with Gasteiger partial charge in [-0.15, -0.1) is 0 Å². The summed E-state index contributed by atoms with van der Waals surface area (Å²) in [5.74, 6) is -1.81. The Morgan fingerprint density at radius 2 is 2.40 bits per heavy atom. The smallest absolute Gasteiger partial charge is 0.377 e. The first-order valence-corrected chi connectivity index (χ1v) is 2.41. The standard InChI is InChI=1S/C4H4N2O4/c7-1-2-5-3(4(8)9)6-10-2/h7H,1H2,(H,8,9). The third-order valence-corrected chi connectivity index (χ3v) is 0.795. The van der Waals surface area contributed by atoms with Gasteiger partial charge in [0, 0.05) is 0 Å². The molecule has 1 aromatic heterocycles. The summed E-state index contributed by atoms with van der Waals surface area (Å²) in [4.78, 5) is 13.4. The molecule has 1 rings (SSSR count). The van der Waals surface area contributed by atoms with E-state index >= 15 is 0 Å². The van der Waals surface area contributed by atoms with Crippen LogP contribution in [0.25, 0.3) is 0 Å². The second kappa shape index (κ2) is 2.44. The minimum Gasteiger partial charge on any atom is -0.475 e. The number of carboxylic acid groups (broad SMARTS) is 1. The average Bonchev–Trinajstić information content (AvgIpc) is 2.34. The van der Waals surface area contributed by atoms with Crippen molar-refractivity contribution in [3.63, 3.8) is 0 Å². The highest BCUT2D eigenvalue weighted by Gasteiger charge is 2.10. The van der Waals surface area contributed by atoms with Crippen LogP contribution in [0.1, 0.15) is 16.5 Å². The van der Waals surface area contributed by atoms with E-state index in [9.17, 15) is 4.79 Å². The first-order chi connectivity index (χ1) is 4.74. The Balaban J connectivity index is 2.88. The normalized spacial score (nSPS) is 9.70. The van der Waals surface area contributed by atoms with Crippen LogP contribution >= 0.6 is 0 Å². The molecule has 0 radical (unpaired) electrons. The number of aliphatic hydroxyl groups is 1. The van der Waals surface area contributed by atoms with Gasteiger partial charge in [-0.05, 0) is 5.16 Å². The van der Waals surface area contributed by atoms with E-state index in [4.69, 9.17) is 10.2 Å². The van der Waals surface area contributed by atoms with Crippen LogP contribution in [-0.2, 0) is 6.61 Å². The van der Waals surface area contributed by atoms with Crippen molar-refractivity contribution in [1.82, 2.24) is 10.1 Å². The van der Waals surface area contributed by atoms with Crippen LogP contribution in [0.15, 0.2) is 4.52 Å². The molecule has 1 aromatic rings. The van der Waals surface area contributed by atoms with Crippen LogP contribution in [0.2, 0.25) is 0 Å². The highest BCUT2D eigenvalue weighted by molar-refractivity contribution is 5.82. The molecule has 6 nitrogen and oxygen atoms in total. The van der Waals surface area contributed by atoms with E-state index in [0.29, 0.717) is 0 Å². The summed E-state index contributed by atoms with van der Waals surface area (Å²) in [6, 6.07) is 0. The van der Waals surface area contributed by atoms with Crippen LogP contribution in [0, 0.1) is 0 Å². The van der Waals surface area contributed by atoms with Gasteiger partial charge in [0.2, 0.25) is 0 Å². The summed E-state index contributed by atoms with van der Waals surface area (Å²) in [7, 11) is 0. The molecule has 0 aliphatic heterocycles. The molecule has 0 fully saturated rings. The SMILES string of the molecule is O=C(O)c1noc(CO)n1. The molecule has 1 heterocycles. The molecular weight excluding hydrogens is 140 g/mol. The average molecular weight is 144 g/mol. The van der Waals surface area contributed by atoms with E-state index in [0.717, 1.165) is 0 Å². The van der Waals surface area contributed by atoms with Crippen molar-refractivity contribution in [3.05, 3.63) is 11.7 Å². The Bertz CT molecular complexity index is 243.